The minimum atomic E-state index is -5.22. The summed E-state index contributed by atoms with van der Waals surface area (Å²) in [6.45, 7) is 3.71. The number of ether oxygens (including phenoxy) is 1. The molecule has 1 aromatic carbocycles. The normalized spacial score (nSPS) is 17.5. The van der Waals surface area contributed by atoms with E-state index < -0.39 is 29.3 Å². The number of anilines is 2. The molecule has 1 amide bonds. The Labute approximate surface area is 184 Å². The average molecular weight is 465 g/mol. The summed E-state index contributed by atoms with van der Waals surface area (Å²) in [4.78, 5) is 18.1. The molecule has 1 saturated heterocycles. The lowest BCUT2D eigenvalue weighted by atomic mass is 10.1. The molecule has 2 aliphatic rings. The number of hydrogen-bond acceptors (Lipinski definition) is 6. The molecule has 1 spiro atoms. The molecule has 1 aliphatic heterocycles. The molecule has 0 atom stereocenters. The SMILES string of the molecule is Cc1nn(-c2cc(O)c(F)c(NC(=O)C(F)(F)F)c2)c2cnc(N3CCOCC34CC4)cc12. The van der Waals surface area contributed by atoms with E-state index in [2.05, 4.69) is 15.0 Å². The van der Waals surface area contributed by atoms with Gasteiger partial charge in [0, 0.05) is 18.0 Å². The topological polar surface area (TPSA) is 92.5 Å². The molecule has 0 radical (unpaired) electrons. The van der Waals surface area contributed by atoms with Crippen molar-refractivity contribution in [3.8, 4) is 11.4 Å². The van der Waals surface area contributed by atoms with E-state index in [9.17, 15) is 27.5 Å². The van der Waals surface area contributed by atoms with E-state index in [0.717, 1.165) is 36.2 Å². The van der Waals surface area contributed by atoms with Crippen molar-refractivity contribution < 1.29 is 32.2 Å². The Bertz CT molecular complexity index is 1270. The zero-order valence-electron chi connectivity index (χ0n) is 17.4. The van der Waals surface area contributed by atoms with Gasteiger partial charge in [0.2, 0.25) is 0 Å². The highest BCUT2D eigenvalue weighted by atomic mass is 19.4. The number of pyridine rings is 1. The first-order valence-corrected chi connectivity index (χ1v) is 10.2. The summed E-state index contributed by atoms with van der Waals surface area (Å²) < 4.78 is 59.0. The van der Waals surface area contributed by atoms with Crippen LogP contribution < -0.4 is 10.2 Å². The van der Waals surface area contributed by atoms with Crippen molar-refractivity contribution in [2.75, 3.05) is 30.0 Å². The van der Waals surface area contributed by atoms with Gasteiger partial charge in [0.25, 0.3) is 0 Å². The van der Waals surface area contributed by atoms with Crippen molar-refractivity contribution in [3.05, 3.63) is 35.9 Å². The Hall–Kier alpha value is -3.41. The van der Waals surface area contributed by atoms with Crippen LogP contribution in [0.5, 0.6) is 5.75 Å². The lowest BCUT2D eigenvalue weighted by molar-refractivity contribution is -0.167. The molecular formula is C21H19F4N5O3. The number of aromatic hydroxyl groups is 1. The number of rotatable bonds is 3. The van der Waals surface area contributed by atoms with Gasteiger partial charge in [0.05, 0.1) is 47.5 Å². The molecule has 2 fully saturated rings. The van der Waals surface area contributed by atoms with Gasteiger partial charge < -0.3 is 20.1 Å². The summed E-state index contributed by atoms with van der Waals surface area (Å²) in [5.74, 6) is -3.90. The first kappa shape index (κ1) is 21.4. The molecule has 3 heterocycles. The largest absolute Gasteiger partial charge is 0.505 e. The Morgan fingerprint density at radius 2 is 2.03 bits per heavy atom. The van der Waals surface area contributed by atoms with Gasteiger partial charge in [-0.2, -0.15) is 18.3 Å². The number of amides is 1. The average Bonchev–Trinajstić information content (AvgIpc) is 3.45. The number of benzene rings is 1. The summed E-state index contributed by atoms with van der Waals surface area (Å²) in [5, 5.41) is 16.5. The molecule has 2 aromatic heterocycles. The molecule has 33 heavy (non-hydrogen) atoms. The maximum absolute atomic E-state index is 14.2. The second-order valence-corrected chi connectivity index (χ2v) is 8.26. The standard InChI is InChI=1S/C21H19F4N5O3/c1-11-13-8-17(29-4-5-33-10-20(29)2-3-20)26-9-15(13)30(28-11)12-6-14(18(22)16(31)7-12)27-19(32)21(23,24)25/h6-9,31H,2-5,10H2,1H3,(H,27,32). The first-order chi connectivity index (χ1) is 15.6. The summed E-state index contributed by atoms with van der Waals surface area (Å²) in [5.41, 5.74) is 0.327. The van der Waals surface area contributed by atoms with E-state index in [-0.39, 0.29) is 11.2 Å². The number of aryl methyl sites for hydroxylation is 1. The fourth-order valence-corrected chi connectivity index (χ4v) is 4.15. The fourth-order valence-electron chi connectivity index (χ4n) is 4.15. The number of hydrogen-bond donors (Lipinski definition) is 2. The monoisotopic (exact) mass is 465 g/mol. The second-order valence-electron chi connectivity index (χ2n) is 8.26. The van der Waals surface area contributed by atoms with Crippen molar-refractivity contribution >= 4 is 28.3 Å². The highest BCUT2D eigenvalue weighted by Crippen LogP contribution is 2.45. The van der Waals surface area contributed by atoms with Gasteiger partial charge in [-0.3, -0.25) is 4.79 Å². The first-order valence-electron chi connectivity index (χ1n) is 10.2. The van der Waals surface area contributed by atoms with E-state index in [1.807, 2.05) is 6.07 Å². The van der Waals surface area contributed by atoms with Crippen molar-refractivity contribution in [2.24, 2.45) is 0 Å². The fraction of sp³-hybridized carbons (Fsp3) is 0.381. The van der Waals surface area contributed by atoms with Gasteiger partial charge in [-0.25, -0.2) is 14.1 Å². The zero-order valence-corrected chi connectivity index (χ0v) is 17.4. The smallest absolute Gasteiger partial charge is 0.471 e. The Morgan fingerprint density at radius 1 is 1.27 bits per heavy atom. The Kier molecular flexibility index (Phi) is 4.74. The highest BCUT2D eigenvalue weighted by Gasteiger charge is 2.50. The van der Waals surface area contributed by atoms with E-state index in [4.69, 9.17) is 4.74 Å². The number of nitrogens with one attached hydrogen (secondary N) is 1. The number of phenols is 1. The molecule has 0 unspecified atom stereocenters. The van der Waals surface area contributed by atoms with Gasteiger partial charge >= 0.3 is 12.1 Å². The number of fused-ring (bicyclic) bond motifs is 1. The number of alkyl halides is 3. The number of nitrogens with zero attached hydrogens (tertiary/aromatic N) is 4. The molecule has 8 nitrogen and oxygen atoms in total. The number of aromatic nitrogens is 3. The van der Waals surface area contributed by atoms with Gasteiger partial charge in [0.1, 0.15) is 5.82 Å². The van der Waals surface area contributed by atoms with Crippen molar-refractivity contribution in [1.29, 1.82) is 0 Å². The lowest BCUT2D eigenvalue weighted by Crippen LogP contribution is -2.48. The number of carbonyl (C=O) groups excluding carboxylic acids is 1. The maximum Gasteiger partial charge on any atom is 0.471 e. The summed E-state index contributed by atoms with van der Waals surface area (Å²) in [6, 6.07) is 3.87. The van der Waals surface area contributed by atoms with Crippen molar-refractivity contribution in [1.82, 2.24) is 14.8 Å². The molecule has 1 aliphatic carbocycles. The van der Waals surface area contributed by atoms with E-state index >= 15 is 0 Å². The minimum absolute atomic E-state index is 0.0306. The lowest BCUT2D eigenvalue weighted by Gasteiger charge is -2.37. The molecule has 5 rings (SSSR count). The van der Waals surface area contributed by atoms with E-state index in [1.54, 1.807) is 13.1 Å². The van der Waals surface area contributed by atoms with E-state index in [0.29, 0.717) is 31.0 Å². The molecular weight excluding hydrogens is 446 g/mol. The predicted molar refractivity (Wildman–Crippen MR) is 110 cm³/mol. The molecule has 1 saturated carbocycles. The number of halogens is 4. The van der Waals surface area contributed by atoms with Crippen LogP contribution >= 0.6 is 0 Å². The molecule has 2 N–H and O–H groups in total. The van der Waals surface area contributed by atoms with Crippen LogP contribution in [0.3, 0.4) is 0 Å². The quantitative estimate of drug-likeness (QED) is 0.576. The van der Waals surface area contributed by atoms with Crippen LogP contribution in [0.4, 0.5) is 29.1 Å². The Balaban J connectivity index is 1.55. The molecule has 3 aromatic rings. The number of morpholine rings is 1. The third-order valence-corrected chi connectivity index (χ3v) is 6.03. The van der Waals surface area contributed by atoms with Gasteiger partial charge in [-0.1, -0.05) is 0 Å². The van der Waals surface area contributed by atoms with Crippen LogP contribution in [-0.4, -0.2) is 57.3 Å². The predicted octanol–water partition coefficient (Wildman–Crippen LogP) is 3.44. The number of phenolic OH excluding ortho intramolecular Hbond substituents is 1. The Morgan fingerprint density at radius 3 is 2.73 bits per heavy atom. The van der Waals surface area contributed by atoms with Gasteiger partial charge in [-0.05, 0) is 31.9 Å². The van der Waals surface area contributed by atoms with Crippen LogP contribution in [-0.2, 0) is 9.53 Å². The van der Waals surface area contributed by atoms with Crippen molar-refractivity contribution in [2.45, 2.75) is 31.5 Å². The zero-order chi connectivity index (χ0) is 23.5. The molecule has 0 bridgehead atoms. The van der Waals surface area contributed by atoms with Crippen LogP contribution in [0.15, 0.2) is 24.4 Å². The van der Waals surface area contributed by atoms with Crippen LogP contribution in [0.1, 0.15) is 18.5 Å². The van der Waals surface area contributed by atoms with Crippen LogP contribution in [0.2, 0.25) is 0 Å². The van der Waals surface area contributed by atoms with Crippen LogP contribution in [0.25, 0.3) is 16.6 Å². The summed E-state index contributed by atoms with van der Waals surface area (Å²) in [6.07, 6.45) is -1.60. The summed E-state index contributed by atoms with van der Waals surface area (Å²) >= 11 is 0. The third-order valence-electron chi connectivity index (χ3n) is 6.03. The van der Waals surface area contributed by atoms with Crippen molar-refractivity contribution in [3.63, 3.8) is 0 Å². The van der Waals surface area contributed by atoms with Gasteiger partial charge in [0.15, 0.2) is 11.6 Å². The molecule has 12 heteroatoms. The van der Waals surface area contributed by atoms with E-state index in [1.165, 1.54) is 10.00 Å². The molecule has 174 valence electrons. The minimum Gasteiger partial charge on any atom is -0.505 e. The summed E-state index contributed by atoms with van der Waals surface area (Å²) in [7, 11) is 0. The highest BCUT2D eigenvalue weighted by molar-refractivity contribution is 5.95. The second kappa shape index (κ2) is 7.30. The van der Waals surface area contributed by atoms with Crippen LogP contribution in [0, 0.1) is 12.7 Å². The third kappa shape index (κ3) is 3.63. The maximum atomic E-state index is 14.2. The number of carbonyl (C=O) groups is 1. The van der Waals surface area contributed by atoms with Gasteiger partial charge in [-0.15, -0.1) is 0 Å².